The molecule has 2 rings (SSSR count). The number of rotatable bonds is 7. The number of nitrogens with one attached hydrogen (secondary N) is 1. The molecule has 0 saturated carbocycles. The summed E-state index contributed by atoms with van der Waals surface area (Å²) < 4.78 is -1.68. The predicted molar refractivity (Wildman–Crippen MR) is 116 cm³/mol. The summed E-state index contributed by atoms with van der Waals surface area (Å²) in [6, 6.07) is 7.22. The van der Waals surface area contributed by atoms with Crippen molar-refractivity contribution in [2.45, 2.75) is 63.8 Å². The minimum absolute atomic E-state index is 0.0707. The summed E-state index contributed by atoms with van der Waals surface area (Å²) in [6.45, 7) is 6.97. The van der Waals surface area contributed by atoms with E-state index < -0.39 is 40.0 Å². The van der Waals surface area contributed by atoms with Gasteiger partial charge in [-0.25, -0.2) is 4.79 Å². The maximum absolute atomic E-state index is 13.2. The highest BCUT2D eigenvalue weighted by Gasteiger charge is 2.48. The molecule has 0 spiro atoms. The largest absolute Gasteiger partial charge is 0.480 e. The molecule has 7 nitrogen and oxygen atoms in total. The lowest BCUT2D eigenvalue weighted by Crippen LogP contribution is -2.58. The van der Waals surface area contributed by atoms with E-state index in [-0.39, 0.29) is 12.2 Å². The van der Waals surface area contributed by atoms with Crippen LogP contribution in [0.2, 0.25) is 0 Å². The summed E-state index contributed by atoms with van der Waals surface area (Å²) in [6.07, 6.45) is 1.05. The average Bonchev–Trinajstić information content (AvgIpc) is 3.16. The molecule has 1 heterocycles. The average molecular weight is 435 g/mol. The molecule has 1 aromatic carbocycles. The van der Waals surface area contributed by atoms with E-state index in [1.165, 1.54) is 11.8 Å². The number of carbonyl (C=O) groups excluding carboxylic acids is 3. The number of thiol groups is 1. The fourth-order valence-electron chi connectivity index (χ4n) is 3.69. The molecule has 1 aromatic rings. The number of amides is 2. The van der Waals surface area contributed by atoms with Crippen molar-refractivity contribution in [1.29, 1.82) is 0 Å². The van der Waals surface area contributed by atoms with Crippen LogP contribution in [0.1, 0.15) is 46.1 Å². The Balaban J connectivity index is 2.24. The molecule has 1 unspecified atom stereocenters. The topological polar surface area (TPSA) is 104 Å². The van der Waals surface area contributed by atoms with Crippen LogP contribution in [0.3, 0.4) is 0 Å². The van der Waals surface area contributed by atoms with Crippen molar-refractivity contribution < 1.29 is 24.3 Å². The molecule has 1 aliphatic rings. The van der Waals surface area contributed by atoms with Gasteiger partial charge in [-0.05, 0) is 25.3 Å². The first-order chi connectivity index (χ1) is 13.9. The van der Waals surface area contributed by atoms with Crippen LogP contribution >= 0.6 is 12.6 Å². The number of carboxylic acids is 1. The van der Waals surface area contributed by atoms with E-state index in [0.717, 1.165) is 5.56 Å². The van der Waals surface area contributed by atoms with E-state index in [2.05, 4.69) is 17.9 Å². The summed E-state index contributed by atoms with van der Waals surface area (Å²) in [5.41, 5.74) is -0.0606. The van der Waals surface area contributed by atoms with Gasteiger partial charge in [-0.1, -0.05) is 51.1 Å². The number of likely N-dealkylation sites (tertiary alicyclic amines) is 1. The quantitative estimate of drug-likeness (QED) is 0.450. The van der Waals surface area contributed by atoms with Crippen LogP contribution in [0.15, 0.2) is 30.3 Å². The van der Waals surface area contributed by atoms with Crippen molar-refractivity contribution in [3.8, 4) is 0 Å². The fraction of sp³-hybridized carbons (Fsp3) is 0.545. The van der Waals surface area contributed by atoms with Gasteiger partial charge >= 0.3 is 5.97 Å². The molecular formula is C22H30N2O5S. The second kappa shape index (κ2) is 9.20. The second-order valence-electron chi connectivity index (χ2n) is 8.82. The van der Waals surface area contributed by atoms with Gasteiger partial charge in [-0.15, -0.1) is 0 Å². The molecule has 0 aliphatic carbocycles. The lowest BCUT2D eigenvalue weighted by atomic mass is 9.79. The van der Waals surface area contributed by atoms with Crippen LogP contribution < -0.4 is 5.32 Å². The minimum Gasteiger partial charge on any atom is -0.480 e. The molecule has 164 valence electrons. The maximum Gasteiger partial charge on any atom is 0.326 e. The highest BCUT2D eigenvalue weighted by Crippen LogP contribution is 2.32. The summed E-state index contributed by atoms with van der Waals surface area (Å²) >= 11 is 4.54. The van der Waals surface area contributed by atoms with Crippen molar-refractivity contribution in [3.05, 3.63) is 35.9 Å². The standard InChI is InChI=1S/C22H30N2O5S/c1-14(17(25)24-12-8-11-16(24)18(26)27)23-20(29)22(30,19(28)21(2,3)4)13-15-9-6-5-7-10-15/h5-7,9-10,14,16,30H,8,11-13H2,1-4H3,(H,23,29)(H,26,27)/t14-,16-,22?/m0/s1. The number of nitrogens with zero attached hydrogens (tertiary/aromatic N) is 1. The summed E-state index contributed by atoms with van der Waals surface area (Å²) in [5.74, 6) is -2.56. The lowest BCUT2D eigenvalue weighted by Gasteiger charge is -2.34. The Hall–Kier alpha value is -2.35. The Kier molecular flexibility index (Phi) is 7.34. The van der Waals surface area contributed by atoms with Crippen LogP contribution in [-0.4, -0.2) is 56.9 Å². The molecule has 2 N–H and O–H groups in total. The van der Waals surface area contributed by atoms with Crippen LogP contribution in [0.4, 0.5) is 0 Å². The molecule has 1 aliphatic heterocycles. The van der Waals surface area contributed by atoms with Gasteiger partial charge in [0.05, 0.1) is 0 Å². The van der Waals surface area contributed by atoms with E-state index in [4.69, 9.17) is 0 Å². The van der Waals surface area contributed by atoms with Gasteiger partial charge in [0.15, 0.2) is 10.5 Å². The number of hydrogen-bond acceptors (Lipinski definition) is 5. The van der Waals surface area contributed by atoms with Crippen LogP contribution in [0, 0.1) is 5.41 Å². The highest BCUT2D eigenvalue weighted by atomic mass is 32.1. The zero-order chi connectivity index (χ0) is 22.7. The van der Waals surface area contributed by atoms with Gasteiger partial charge in [-0.2, -0.15) is 12.6 Å². The third-order valence-electron chi connectivity index (χ3n) is 5.27. The molecule has 0 radical (unpaired) electrons. The summed E-state index contributed by atoms with van der Waals surface area (Å²) in [7, 11) is 0. The van der Waals surface area contributed by atoms with Crippen LogP contribution in [0.25, 0.3) is 0 Å². The van der Waals surface area contributed by atoms with Gasteiger partial charge in [0.25, 0.3) is 0 Å². The fourth-order valence-corrected chi connectivity index (χ4v) is 4.27. The van der Waals surface area contributed by atoms with E-state index >= 15 is 0 Å². The van der Waals surface area contributed by atoms with Gasteiger partial charge in [0.2, 0.25) is 11.8 Å². The van der Waals surface area contributed by atoms with E-state index in [0.29, 0.717) is 19.4 Å². The Morgan fingerprint density at radius 2 is 1.80 bits per heavy atom. The Morgan fingerprint density at radius 1 is 1.20 bits per heavy atom. The third kappa shape index (κ3) is 5.22. The third-order valence-corrected chi connectivity index (χ3v) is 5.84. The number of carbonyl (C=O) groups is 4. The first-order valence-electron chi connectivity index (χ1n) is 10.0. The smallest absolute Gasteiger partial charge is 0.326 e. The molecular weight excluding hydrogens is 404 g/mol. The molecule has 0 bridgehead atoms. The Bertz CT molecular complexity index is 821. The molecule has 0 aromatic heterocycles. The molecule has 30 heavy (non-hydrogen) atoms. The van der Waals surface area contributed by atoms with Crippen molar-refractivity contribution in [3.63, 3.8) is 0 Å². The van der Waals surface area contributed by atoms with Crippen molar-refractivity contribution in [2.75, 3.05) is 6.54 Å². The zero-order valence-corrected chi connectivity index (χ0v) is 18.7. The van der Waals surface area contributed by atoms with Crippen LogP contribution in [-0.2, 0) is 25.6 Å². The van der Waals surface area contributed by atoms with E-state index in [1.807, 2.05) is 30.3 Å². The molecule has 2 amide bonds. The highest BCUT2D eigenvalue weighted by molar-refractivity contribution is 7.83. The van der Waals surface area contributed by atoms with Crippen molar-refractivity contribution in [2.24, 2.45) is 5.41 Å². The molecule has 1 saturated heterocycles. The molecule has 8 heteroatoms. The molecule has 3 atom stereocenters. The van der Waals surface area contributed by atoms with Gasteiger partial charge in [-0.3, -0.25) is 14.4 Å². The van der Waals surface area contributed by atoms with Gasteiger partial charge in [0.1, 0.15) is 12.1 Å². The number of benzene rings is 1. The maximum atomic E-state index is 13.2. The van der Waals surface area contributed by atoms with E-state index in [9.17, 15) is 24.3 Å². The number of carboxylic acid groups (broad SMARTS) is 1. The first-order valence-corrected chi connectivity index (χ1v) is 10.5. The normalized spacial score (nSPS) is 19.6. The number of hydrogen-bond donors (Lipinski definition) is 3. The number of Topliss-reactive ketones (excluding diaryl/α,β-unsaturated/α-hetero) is 1. The van der Waals surface area contributed by atoms with Crippen molar-refractivity contribution in [1.82, 2.24) is 10.2 Å². The first kappa shape index (κ1) is 23.9. The van der Waals surface area contributed by atoms with Gasteiger partial charge in [0, 0.05) is 18.4 Å². The van der Waals surface area contributed by atoms with Crippen molar-refractivity contribution >= 4 is 36.2 Å². The predicted octanol–water partition coefficient (Wildman–Crippen LogP) is 2.09. The number of ketones is 1. The zero-order valence-electron chi connectivity index (χ0n) is 17.8. The Morgan fingerprint density at radius 3 is 2.33 bits per heavy atom. The van der Waals surface area contributed by atoms with Gasteiger partial charge < -0.3 is 15.3 Å². The monoisotopic (exact) mass is 434 g/mol. The lowest BCUT2D eigenvalue weighted by molar-refractivity contribution is -0.149. The summed E-state index contributed by atoms with van der Waals surface area (Å²) in [5, 5.41) is 11.9. The van der Waals surface area contributed by atoms with E-state index in [1.54, 1.807) is 20.8 Å². The second-order valence-corrected chi connectivity index (χ2v) is 9.59. The van der Waals surface area contributed by atoms with Crippen LogP contribution in [0.5, 0.6) is 0 Å². The SMILES string of the molecule is C[C@H](NC(=O)C(S)(Cc1ccccc1)C(=O)C(C)(C)C)C(=O)N1CCC[C@H]1C(=O)O. The minimum atomic E-state index is -1.68. The summed E-state index contributed by atoms with van der Waals surface area (Å²) in [4.78, 5) is 51.8. The molecule has 1 fully saturated rings. The Labute approximate surface area is 182 Å². The number of aliphatic carboxylic acids is 1.